The van der Waals surface area contributed by atoms with E-state index in [0.717, 1.165) is 19.4 Å². The third-order valence-electron chi connectivity index (χ3n) is 4.14. The second-order valence-corrected chi connectivity index (χ2v) is 6.26. The first-order valence-electron chi connectivity index (χ1n) is 8.76. The maximum Gasteiger partial charge on any atom is 0.337 e. The van der Waals surface area contributed by atoms with E-state index in [1.54, 1.807) is 37.3 Å². The van der Waals surface area contributed by atoms with Crippen LogP contribution in [-0.2, 0) is 9.47 Å². The summed E-state index contributed by atoms with van der Waals surface area (Å²) in [4.78, 5) is 32.8. The molecular weight excluding hydrogens is 348 g/mol. The van der Waals surface area contributed by atoms with Crippen LogP contribution in [0.4, 0.5) is 11.6 Å². The minimum absolute atomic E-state index is 0.146. The Morgan fingerprint density at radius 1 is 1.30 bits per heavy atom. The lowest BCUT2D eigenvalue weighted by Gasteiger charge is -2.12. The summed E-state index contributed by atoms with van der Waals surface area (Å²) in [5.74, 6) is -0.466. The largest absolute Gasteiger partial charge is 0.465 e. The Labute approximate surface area is 157 Å². The van der Waals surface area contributed by atoms with E-state index >= 15 is 0 Å². The molecular formula is C19H22N4O4. The highest BCUT2D eigenvalue weighted by Crippen LogP contribution is 2.15. The van der Waals surface area contributed by atoms with E-state index in [0.29, 0.717) is 29.4 Å². The highest BCUT2D eigenvalue weighted by molar-refractivity contribution is 6.03. The Morgan fingerprint density at radius 3 is 2.89 bits per heavy atom. The first-order valence-corrected chi connectivity index (χ1v) is 8.76. The third-order valence-corrected chi connectivity index (χ3v) is 4.14. The standard InChI is InChI=1S/C19H22N4O4/c1-12-9-16(23-19(21-12)20-11-15-7-4-8-27-15)17(24)22-14-6-3-5-13(10-14)18(25)26-2/h3,5-6,9-10,15H,4,7-8,11H2,1-2H3,(H,22,24)(H,20,21,23). The van der Waals surface area contributed by atoms with Gasteiger partial charge in [0, 0.05) is 24.5 Å². The Kier molecular flexibility index (Phi) is 5.97. The Bertz CT molecular complexity index is 834. The van der Waals surface area contributed by atoms with Crippen molar-refractivity contribution in [2.75, 3.05) is 30.9 Å². The summed E-state index contributed by atoms with van der Waals surface area (Å²) < 4.78 is 10.3. The van der Waals surface area contributed by atoms with Crippen LogP contribution in [-0.4, -0.2) is 48.2 Å². The lowest BCUT2D eigenvalue weighted by atomic mass is 10.2. The van der Waals surface area contributed by atoms with Crippen molar-refractivity contribution >= 4 is 23.5 Å². The predicted molar refractivity (Wildman–Crippen MR) is 100.0 cm³/mol. The lowest BCUT2D eigenvalue weighted by molar-refractivity contribution is 0.0600. The van der Waals surface area contributed by atoms with Gasteiger partial charge < -0.3 is 20.1 Å². The highest BCUT2D eigenvalue weighted by Gasteiger charge is 2.17. The van der Waals surface area contributed by atoms with Gasteiger partial charge in [-0.25, -0.2) is 14.8 Å². The zero-order valence-corrected chi connectivity index (χ0v) is 15.3. The number of aryl methyl sites for hydroxylation is 1. The summed E-state index contributed by atoms with van der Waals surface area (Å²) in [7, 11) is 1.31. The Morgan fingerprint density at radius 2 is 2.15 bits per heavy atom. The number of nitrogens with zero attached hydrogens (tertiary/aromatic N) is 2. The third kappa shape index (κ3) is 5.01. The van der Waals surface area contributed by atoms with Crippen LogP contribution in [0.25, 0.3) is 0 Å². The van der Waals surface area contributed by atoms with Crippen LogP contribution < -0.4 is 10.6 Å². The topological polar surface area (TPSA) is 102 Å². The maximum absolute atomic E-state index is 12.6. The molecule has 0 saturated carbocycles. The van der Waals surface area contributed by atoms with Crippen molar-refractivity contribution in [3.8, 4) is 0 Å². The number of ether oxygens (including phenoxy) is 2. The van der Waals surface area contributed by atoms with E-state index in [4.69, 9.17) is 9.47 Å². The van der Waals surface area contributed by atoms with Crippen molar-refractivity contribution in [1.29, 1.82) is 0 Å². The molecule has 2 aromatic rings. The number of amides is 1. The number of esters is 1. The number of benzene rings is 1. The molecule has 1 atom stereocenters. The molecule has 2 N–H and O–H groups in total. The minimum atomic E-state index is -0.468. The number of carbonyl (C=O) groups excluding carboxylic acids is 2. The van der Waals surface area contributed by atoms with Crippen molar-refractivity contribution < 1.29 is 19.1 Å². The Hall–Kier alpha value is -3.00. The monoisotopic (exact) mass is 370 g/mol. The molecule has 0 radical (unpaired) electrons. The van der Waals surface area contributed by atoms with Gasteiger partial charge in [-0.05, 0) is 44.0 Å². The van der Waals surface area contributed by atoms with Crippen LogP contribution in [0, 0.1) is 6.92 Å². The van der Waals surface area contributed by atoms with Crippen LogP contribution in [0.3, 0.4) is 0 Å². The maximum atomic E-state index is 12.6. The Balaban J connectivity index is 1.69. The van der Waals surface area contributed by atoms with Gasteiger partial charge in [0.25, 0.3) is 5.91 Å². The van der Waals surface area contributed by atoms with Crippen molar-refractivity contribution in [3.63, 3.8) is 0 Å². The van der Waals surface area contributed by atoms with Gasteiger partial charge in [0.2, 0.25) is 5.95 Å². The van der Waals surface area contributed by atoms with Crippen LogP contribution in [0.15, 0.2) is 30.3 Å². The quantitative estimate of drug-likeness (QED) is 0.753. The number of aromatic nitrogens is 2. The van der Waals surface area contributed by atoms with Crippen molar-refractivity contribution in [2.24, 2.45) is 0 Å². The van der Waals surface area contributed by atoms with E-state index in [2.05, 4.69) is 20.6 Å². The van der Waals surface area contributed by atoms with Gasteiger partial charge >= 0.3 is 5.97 Å². The van der Waals surface area contributed by atoms with Gasteiger partial charge in [-0.15, -0.1) is 0 Å². The molecule has 1 amide bonds. The summed E-state index contributed by atoms with van der Waals surface area (Å²) >= 11 is 0. The summed E-state index contributed by atoms with van der Waals surface area (Å²) in [6, 6.07) is 8.13. The van der Waals surface area contributed by atoms with Crippen molar-refractivity contribution in [1.82, 2.24) is 9.97 Å². The summed E-state index contributed by atoms with van der Waals surface area (Å²) in [6.45, 7) is 3.18. The smallest absolute Gasteiger partial charge is 0.337 e. The SMILES string of the molecule is COC(=O)c1cccc(NC(=O)c2cc(C)nc(NCC3CCCO3)n2)c1. The first-order chi connectivity index (χ1) is 13.0. The molecule has 0 spiro atoms. The zero-order chi connectivity index (χ0) is 19.2. The summed E-state index contributed by atoms with van der Waals surface area (Å²) in [5, 5.41) is 5.87. The van der Waals surface area contributed by atoms with Gasteiger partial charge in [-0.1, -0.05) is 6.07 Å². The number of anilines is 2. The second-order valence-electron chi connectivity index (χ2n) is 6.26. The molecule has 8 heteroatoms. The van der Waals surface area contributed by atoms with Gasteiger partial charge in [0.05, 0.1) is 18.8 Å². The fourth-order valence-electron chi connectivity index (χ4n) is 2.81. The number of hydrogen-bond acceptors (Lipinski definition) is 7. The van der Waals surface area contributed by atoms with Crippen molar-refractivity contribution in [3.05, 3.63) is 47.3 Å². The first kappa shape index (κ1) is 18.8. The second kappa shape index (κ2) is 8.59. The van der Waals surface area contributed by atoms with Gasteiger partial charge in [-0.2, -0.15) is 0 Å². The van der Waals surface area contributed by atoms with E-state index in [1.807, 2.05) is 0 Å². The van der Waals surface area contributed by atoms with Crippen LogP contribution in [0.2, 0.25) is 0 Å². The van der Waals surface area contributed by atoms with E-state index in [9.17, 15) is 9.59 Å². The van der Waals surface area contributed by atoms with Crippen LogP contribution in [0.1, 0.15) is 39.4 Å². The predicted octanol–water partition coefficient (Wildman–Crippen LogP) is 2.41. The number of methoxy groups -OCH3 is 1. The molecule has 1 aliphatic rings. The molecule has 1 unspecified atom stereocenters. The number of nitrogens with one attached hydrogen (secondary N) is 2. The molecule has 0 bridgehead atoms. The minimum Gasteiger partial charge on any atom is -0.465 e. The number of rotatable bonds is 6. The fourth-order valence-corrected chi connectivity index (χ4v) is 2.81. The molecule has 1 saturated heterocycles. The van der Waals surface area contributed by atoms with Gasteiger partial charge in [0.15, 0.2) is 0 Å². The molecule has 1 fully saturated rings. The van der Waals surface area contributed by atoms with Crippen LogP contribution in [0.5, 0.6) is 0 Å². The fraction of sp³-hybridized carbons (Fsp3) is 0.368. The average Bonchev–Trinajstić information content (AvgIpc) is 3.19. The number of hydrogen-bond donors (Lipinski definition) is 2. The van der Waals surface area contributed by atoms with Crippen LogP contribution >= 0.6 is 0 Å². The van der Waals surface area contributed by atoms with E-state index < -0.39 is 5.97 Å². The van der Waals surface area contributed by atoms with E-state index in [1.165, 1.54) is 7.11 Å². The normalized spacial score (nSPS) is 16.0. The molecule has 1 aromatic carbocycles. The molecule has 0 aliphatic carbocycles. The van der Waals surface area contributed by atoms with Gasteiger partial charge in [-0.3, -0.25) is 4.79 Å². The molecule has 142 valence electrons. The molecule has 3 rings (SSSR count). The average molecular weight is 370 g/mol. The molecule has 27 heavy (non-hydrogen) atoms. The molecule has 8 nitrogen and oxygen atoms in total. The number of carbonyl (C=O) groups is 2. The molecule has 1 aromatic heterocycles. The molecule has 1 aliphatic heterocycles. The highest BCUT2D eigenvalue weighted by atomic mass is 16.5. The van der Waals surface area contributed by atoms with E-state index in [-0.39, 0.29) is 17.7 Å². The zero-order valence-electron chi connectivity index (χ0n) is 15.3. The summed E-state index contributed by atoms with van der Waals surface area (Å²) in [6.07, 6.45) is 2.20. The van der Waals surface area contributed by atoms with Crippen molar-refractivity contribution in [2.45, 2.75) is 25.9 Å². The lowest BCUT2D eigenvalue weighted by Crippen LogP contribution is -2.21. The molecule has 2 heterocycles. The van der Waals surface area contributed by atoms with Gasteiger partial charge in [0.1, 0.15) is 5.69 Å². The summed E-state index contributed by atoms with van der Waals surface area (Å²) in [5.41, 5.74) is 1.75.